The van der Waals surface area contributed by atoms with Gasteiger partial charge in [0.2, 0.25) is 0 Å². The summed E-state index contributed by atoms with van der Waals surface area (Å²) in [6.07, 6.45) is 8.50. The van der Waals surface area contributed by atoms with E-state index in [1.54, 1.807) is 0 Å². The molecule has 0 bridgehead atoms. The summed E-state index contributed by atoms with van der Waals surface area (Å²) in [5, 5.41) is 0. The molecule has 0 radical (unpaired) electrons. The summed E-state index contributed by atoms with van der Waals surface area (Å²) in [5.74, 6) is 0.701. The van der Waals surface area contributed by atoms with Crippen molar-refractivity contribution in [1.82, 2.24) is 0 Å². The first-order chi connectivity index (χ1) is 8.11. The van der Waals surface area contributed by atoms with Gasteiger partial charge >= 0.3 is 5.97 Å². The number of hydrogen-bond donors (Lipinski definition) is 0. The summed E-state index contributed by atoms with van der Waals surface area (Å²) in [7, 11) is 0. The second-order valence-electron chi connectivity index (χ2n) is 5.33. The Morgan fingerprint density at radius 3 is 2.94 bits per heavy atom. The zero-order valence-electron chi connectivity index (χ0n) is 11.3. The van der Waals surface area contributed by atoms with E-state index in [1.807, 2.05) is 0 Å². The van der Waals surface area contributed by atoms with Crippen LogP contribution in [-0.4, -0.2) is 12.1 Å². The Kier molecular flexibility index (Phi) is 6.31. The molecular weight excluding hydrogens is 212 g/mol. The number of allylic oxidation sites excluding steroid dienone is 1. The van der Waals surface area contributed by atoms with E-state index in [1.165, 1.54) is 12.0 Å². The highest BCUT2D eigenvalue weighted by molar-refractivity contribution is 5.70. The molecule has 1 fully saturated rings. The van der Waals surface area contributed by atoms with Crippen molar-refractivity contribution in [2.45, 2.75) is 71.3 Å². The summed E-state index contributed by atoms with van der Waals surface area (Å²) in [6, 6.07) is 0. The molecule has 0 saturated carbocycles. The zero-order valence-corrected chi connectivity index (χ0v) is 11.3. The van der Waals surface area contributed by atoms with E-state index >= 15 is 0 Å². The van der Waals surface area contributed by atoms with Gasteiger partial charge in [0.05, 0.1) is 0 Å². The Morgan fingerprint density at radius 2 is 2.29 bits per heavy atom. The van der Waals surface area contributed by atoms with Gasteiger partial charge in [0.25, 0.3) is 0 Å². The second-order valence-corrected chi connectivity index (χ2v) is 5.33. The molecule has 2 nitrogen and oxygen atoms in total. The minimum Gasteiger partial charge on any atom is -0.462 e. The van der Waals surface area contributed by atoms with E-state index < -0.39 is 0 Å². The lowest BCUT2D eigenvalue weighted by Gasteiger charge is -2.23. The van der Waals surface area contributed by atoms with Crippen LogP contribution >= 0.6 is 0 Å². The lowest BCUT2D eigenvalue weighted by atomic mass is 9.93. The molecule has 0 aromatic carbocycles. The molecule has 0 amide bonds. The highest BCUT2D eigenvalue weighted by Crippen LogP contribution is 2.23. The number of esters is 1. The van der Waals surface area contributed by atoms with Crippen molar-refractivity contribution < 1.29 is 9.53 Å². The average Bonchev–Trinajstić information content (AvgIpc) is 2.33. The number of ether oxygens (including phenoxy) is 1. The topological polar surface area (TPSA) is 26.3 Å². The third-order valence-corrected chi connectivity index (χ3v) is 3.68. The lowest BCUT2D eigenvalue weighted by molar-refractivity contribution is -0.154. The highest BCUT2D eigenvalue weighted by Gasteiger charge is 2.20. The molecule has 1 heterocycles. The van der Waals surface area contributed by atoms with E-state index in [0.717, 1.165) is 38.5 Å². The van der Waals surface area contributed by atoms with Crippen LogP contribution in [0.4, 0.5) is 0 Å². The van der Waals surface area contributed by atoms with Crippen LogP contribution in [0, 0.1) is 5.92 Å². The SMILES string of the molecule is C=C(CC)CCC(C)CCC1CCCC(=O)O1. The van der Waals surface area contributed by atoms with Gasteiger partial charge in [-0.1, -0.05) is 26.0 Å². The summed E-state index contributed by atoms with van der Waals surface area (Å²) in [6.45, 7) is 8.48. The van der Waals surface area contributed by atoms with Crippen molar-refractivity contribution in [2.75, 3.05) is 0 Å². The smallest absolute Gasteiger partial charge is 0.306 e. The molecule has 0 aromatic heterocycles. The maximum atomic E-state index is 11.1. The van der Waals surface area contributed by atoms with Crippen LogP contribution in [0.2, 0.25) is 0 Å². The second kappa shape index (κ2) is 7.52. The van der Waals surface area contributed by atoms with Gasteiger partial charge in [-0.15, -0.1) is 0 Å². The first-order valence-corrected chi connectivity index (χ1v) is 6.98. The summed E-state index contributed by atoms with van der Waals surface area (Å²) < 4.78 is 5.33. The van der Waals surface area contributed by atoms with E-state index in [0.29, 0.717) is 12.3 Å². The molecule has 0 aromatic rings. The normalized spacial score (nSPS) is 22.0. The van der Waals surface area contributed by atoms with E-state index in [4.69, 9.17) is 4.74 Å². The monoisotopic (exact) mass is 238 g/mol. The van der Waals surface area contributed by atoms with Gasteiger partial charge < -0.3 is 4.74 Å². The van der Waals surface area contributed by atoms with Crippen LogP contribution in [0.3, 0.4) is 0 Å². The quantitative estimate of drug-likeness (QED) is 0.489. The molecule has 1 aliphatic heterocycles. The van der Waals surface area contributed by atoms with Crippen LogP contribution in [0.15, 0.2) is 12.2 Å². The van der Waals surface area contributed by atoms with Crippen molar-refractivity contribution in [3.8, 4) is 0 Å². The molecule has 2 atom stereocenters. The fourth-order valence-electron chi connectivity index (χ4n) is 2.22. The minimum absolute atomic E-state index is 0.00624. The molecule has 2 heteroatoms. The predicted octanol–water partition coefficient (Wildman–Crippen LogP) is 4.24. The Balaban J connectivity index is 2.12. The maximum absolute atomic E-state index is 11.1. The minimum atomic E-state index is -0.00624. The van der Waals surface area contributed by atoms with E-state index in [-0.39, 0.29) is 12.1 Å². The Morgan fingerprint density at radius 1 is 1.53 bits per heavy atom. The van der Waals surface area contributed by atoms with Gasteiger partial charge in [-0.05, 0) is 50.9 Å². The fraction of sp³-hybridized carbons (Fsp3) is 0.800. The van der Waals surface area contributed by atoms with Gasteiger partial charge in [0.1, 0.15) is 6.10 Å². The van der Waals surface area contributed by atoms with Crippen LogP contribution in [0.5, 0.6) is 0 Å². The van der Waals surface area contributed by atoms with Gasteiger partial charge in [0, 0.05) is 6.42 Å². The number of hydrogen-bond acceptors (Lipinski definition) is 2. The molecule has 2 unspecified atom stereocenters. The Labute approximate surface area is 105 Å². The Hall–Kier alpha value is -0.790. The standard InChI is InChI=1S/C15H26O2/c1-4-12(2)8-9-13(3)10-11-14-6-5-7-15(16)17-14/h13-14H,2,4-11H2,1,3H3. The third-order valence-electron chi connectivity index (χ3n) is 3.68. The Bertz CT molecular complexity index is 258. The molecule has 98 valence electrons. The fourth-order valence-corrected chi connectivity index (χ4v) is 2.22. The molecular formula is C15H26O2. The van der Waals surface area contributed by atoms with Crippen LogP contribution < -0.4 is 0 Å². The van der Waals surface area contributed by atoms with Crippen LogP contribution in [0.1, 0.15) is 65.2 Å². The van der Waals surface area contributed by atoms with Crippen LogP contribution in [0.25, 0.3) is 0 Å². The maximum Gasteiger partial charge on any atom is 0.306 e. The predicted molar refractivity (Wildman–Crippen MR) is 70.8 cm³/mol. The summed E-state index contributed by atoms with van der Waals surface area (Å²) in [5.41, 5.74) is 1.35. The third kappa shape index (κ3) is 5.90. The number of rotatable bonds is 7. The average molecular weight is 238 g/mol. The van der Waals surface area contributed by atoms with Gasteiger partial charge in [0.15, 0.2) is 0 Å². The summed E-state index contributed by atoms with van der Waals surface area (Å²) in [4.78, 5) is 11.1. The van der Waals surface area contributed by atoms with Gasteiger partial charge in [-0.25, -0.2) is 0 Å². The van der Waals surface area contributed by atoms with Gasteiger partial charge in [-0.2, -0.15) is 0 Å². The van der Waals surface area contributed by atoms with Crippen molar-refractivity contribution in [2.24, 2.45) is 5.92 Å². The van der Waals surface area contributed by atoms with Crippen molar-refractivity contribution in [3.05, 3.63) is 12.2 Å². The van der Waals surface area contributed by atoms with E-state index in [9.17, 15) is 4.79 Å². The van der Waals surface area contributed by atoms with E-state index in [2.05, 4.69) is 20.4 Å². The molecule has 1 rings (SSSR count). The molecule has 1 saturated heterocycles. The lowest BCUT2D eigenvalue weighted by Crippen LogP contribution is -2.23. The van der Waals surface area contributed by atoms with Crippen molar-refractivity contribution in [3.63, 3.8) is 0 Å². The number of carbonyl (C=O) groups is 1. The first kappa shape index (κ1) is 14.3. The number of carbonyl (C=O) groups excluding carboxylic acids is 1. The van der Waals surface area contributed by atoms with Gasteiger partial charge in [-0.3, -0.25) is 4.79 Å². The first-order valence-electron chi connectivity index (χ1n) is 6.98. The highest BCUT2D eigenvalue weighted by atomic mass is 16.5. The van der Waals surface area contributed by atoms with Crippen molar-refractivity contribution >= 4 is 5.97 Å². The molecule has 17 heavy (non-hydrogen) atoms. The largest absolute Gasteiger partial charge is 0.462 e. The molecule has 0 spiro atoms. The van der Waals surface area contributed by atoms with Crippen LogP contribution in [-0.2, 0) is 9.53 Å². The summed E-state index contributed by atoms with van der Waals surface area (Å²) >= 11 is 0. The molecule has 0 aliphatic carbocycles. The zero-order chi connectivity index (χ0) is 12.7. The molecule has 1 aliphatic rings. The molecule has 0 N–H and O–H groups in total. The number of cyclic esters (lactones) is 1. The van der Waals surface area contributed by atoms with Crippen molar-refractivity contribution in [1.29, 1.82) is 0 Å².